The Morgan fingerprint density at radius 3 is 2.41 bits per heavy atom. The Bertz CT molecular complexity index is 1250. The molecular formula is C21H20N4O2S2. The quantitative estimate of drug-likeness (QED) is 0.508. The van der Waals surface area contributed by atoms with Gasteiger partial charge in [0.15, 0.2) is 5.65 Å². The third kappa shape index (κ3) is 4.67. The summed E-state index contributed by atoms with van der Waals surface area (Å²) in [5, 5.41) is 5.52. The number of hydrogen-bond acceptors (Lipinski definition) is 5. The molecule has 0 saturated heterocycles. The van der Waals surface area contributed by atoms with Crippen molar-refractivity contribution in [2.75, 3.05) is 6.26 Å². The highest BCUT2D eigenvalue weighted by Crippen LogP contribution is 2.28. The van der Waals surface area contributed by atoms with Crippen LogP contribution < -0.4 is 4.72 Å². The van der Waals surface area contributed by atoms with Crippen LogP contribution in [0.15, 0.2) is 76.7 Å². The van der Waals surface area contributed by atoms with Gasteiger partial charge in [-0.3, -0.25) is 0 Å². The van der Waals surface area contributed by atoms with Crippen LogP contribution in [0.25, 0.3) is 16.9 Å². The van der Waals surface area contributed by atoms with E-state index in [9.17, 15) is 8.42 Å². The molecule has 0 atom stereocenters. The van der Waals surface area contributed by atoms with Crippen molar-refractivity contribution in [2.24, 2.45) is 0 Å². The van der Waals surface area contributed by atoms with E-state index in [0.29, 0.717) is 11.3 Å². The highest BCUT2D eigenvalue weighted by atomic mass is 32.2. The summed E-state index contributed by atoms with van der Waals surface area (Å²) < 4.78 is 27.7. The molecule has 2 aromatic carbocycles. The van der Waals surface area contributed by atoms with Gasteiger partial charge < -0.3 is 0 Å². The summed E-state index contributed by atoms with van der Waals surface area (Å²) in [6.07, 6.45) is 1.14. The third-order valence-electron chi connectivity index (χ3n) is 4.34. The number of aryl methyl sites for hydroxylation is 1. The van der Waals surface area contributed by atoms with Crippen LogP contribution >= 0.6 is 11.8 Å². The van der Waals surface area contributed by atoms with Gasteiger partial charge in [-0.1, -0.05) is 59.8 Å². The molecule has 4 rings (SSSR count). The zero-order valence-electron chi connectivity index (χ0n) is 16.0. The van der Waals surface area contributed by atoms with Crippen LogP contribution in [0.4, 0.5) is 0 Å². The molecule has 6 nitrogen and oxygen atoms in total. The molecule has 0 fully saturated rings. The monoisotopic (exact) mass is 424 g/mol. The smallest absolute Gasteiger partial charge is 0.209 e. The Balaban J connectivity index is 1.80. The van der Waals surface area contributed by atoms with Gasteiger partial charge in [0.2, 0.25) is 10.0 Å². The molecule has 0 aliphatic carbocycles. The fourth-order valence-corrected chi connectivity index (χ4v) is 4.12. The Morgan fingerprint density at radius 1 is 1.00 bits per heavy atom. The maximum absolute atomic E-state index is 11.7. The van der Waals surface area contributed by atoms with Crippen LogP contribution in [-0.4, -0.2) is 29.3 Å². The van der Waals surface area contributed by atoms with Gasteiger partial charge in [-0.05, 0) is 31.2 Å². The molecule has 0 amide bonds. The van der Waals surface area contributed by atoms with Gasteiger partial charge in [-0.15, -0.1) is 0 Å². The Labute approximate surface area is 174 Å². The van der Waals surface area contributed by atoms with Crippen molar-refractivity contribution in [1.82, 2.24) is 19.3 Å². The lowest BCUT2D eigenvalue weighted by Crippen LogP contribution is -2.22. The van der Waals surface area contributed by atoms with Crippen LogP contribution in [-0.2, 0) is 16.6 Å². The second kappa shape index (κ2) is 7.98. The maximum atomic E-state index is 11.7. The van der Waals surface area contributed by atoms with Crippen LogP contribution in [0, 0.1) is 6.92 Å². The number of imidazole rings is 1. The lowest BCUT2D eigenvalue weighted by molar-refractivity contribution is 0.585. The Morgan fingerprint density at radius 2 is 1.72 bits per heavy atom. The third-order valence-corrected chi connectivity index (χ3v) is 5.94. The molecule has 0 aliphatic rings. The normalized spacial score (nSPS) is 11.8. The molecule has 148 valence electrons. The van der Waals surface area contributed by atoms with Gasteiger partial charge in [0.05, 0.1) is 24.2 Å². The fourth-order valence-electron chi connectivity index (χ4n) is 2.93. The minimum Gasteiger partial charge on any atom is -0.227 e. The standard InChI is InChI=1S/C21H20N4O2S2/c1-15-8-10-16(11-9-15)21-18(14-22-29(2,26)27)25-19(23-21)12-13-20(24-25)28-17-6-4-3-5-7-17/h3-13,22H,14H2,1-2H3. The number of rotatable bonds is 6. The van der Waals surface area contributed by atoms with E-state index in [4.69, 9.17) is 10.1 Å². The minimum atomic E-state index is -3.36. The zero-order chi connectivity index (χ0) is 20.4. The number of nitrogens with one attached hydrogen (secondary N) is 1. The molecule has 1 N–H and O–H groups in total. The molecule has 4 aromatic rings. The lowest BCUT2D eigenvalue weighted by Gasteiger charge is -2.07. The minimum absolute atomic E-state index is 0.107. The van der Waals surface area contributed by atoms with Crippen LogP contribution in [0.3, 0.4) is 0 Å². The Kier molecular flexibility index (Phi) is 5.40. The van der Waals surface area contributed by atoms with Crippen molar-refractivity contribution in [1.29, 1.82) is 0 Å². The molecule has 0 radical (unpaired) electrons. The first-order valence-corrected chi connectivity index (χ1v) is 11.7. The van der Waals surface area contributed by atoms with E-state index in [1.54, 1.807) is 16.3 Å². The van der Waals surface area contributed by atoms with E-state index in [1.807, 2.05) is 73.7 Å². The van der Waals surface area contributed by atoms with Crippen LogP contribution in [0.1, 0.15) is 11.3 Å². The number of aromatic nitrogens is 3. The predicted molar refractivity (Wildman–Crippen MR) is 115 cm³/mol. The molecule has 29 heavy (non-hydrogen) atoms. The van der Waals surface area contributed by atoms with E-state index in [0.717, 1.165) is 33.0 Å². The molecule has 2 aromatic heterocycles. The molecule has 2 heterocycles. The van der Waals surface area contributed by atoms with Crippen molar-refractivity contribution in [3.05, 3.63) is 78.0 Å². The summed E-state index contributed by atoms with van der Waals surface area (Å²) in [6.45, 7) is 2.13. The summed E-state index contributed by atoms with van der Waals surface area (Å²) in [6, 6.07) is 21.8. The lowest BCUT2D eigenvalue weighted by atomic mass is 10.1. The highest BCUT2D eigenvalue weighted by molar-refractivity contribution is 7.99. The van der Waals surface area contributed by atoms with Gasteiger partial charge in [0, 0.05) is 10.5 Å². The first-order valence-electron chi connectivity index (χ1n) is 9.02. The van der Waals surface area contributed by atoms with E-state index < -0.39 is 10.0 Å². The fraction of sp³-hybridized carbons (Fsp3) is 0.143. The van der Waals surface area contributed by atoms with Crippen molar-refractivity contribution in [3.8, 4) is 11.3 Å². The second-order valence-corrected chi connectivity index (χ2v) is 9.65. The first-order chi connectivity index (χ1) is 13.9. The summed E-state index contributed by atoms with van der Waals surface area (Å²) in [4.78, 5) is 5.80. The molecule has 0 spiro atoms. The SMILES string of the molecule is Cc1ccc(-c2nc3ccc(Sc4ccccc4)nn3c2CNS(C)(=O)=O)cc1. The molecule has 0 unspecified atom stereocenters. The average molecular weight is 425 g/mol. The maximum Gasteiger partial charge on any atom is 0.209 e. The number of benzene rings is 2. The molecule has 8 heteroatoms. The van der Waals surface area contributed by atoms with Gasteiger partial charge in [-0.2, -0.15) is 5.10 Å². The van der Waals surface area contributed by atoms with Crippen LogP contribution in [0.2, 0.25) is 0 Å². The van der Waals surface area contributed by atoms with E-state index in [1.165, 1.54) is 0 Å². The average Bonchev–Trinajstić information content (AvgIpc) is 3.05. The first kappa shape index (κ1) is 19.6. The van der Waals surface area contributed by atoms with E-state index in [2.05, 4.69) is 4.72 Å². The predicted octanol–water partition coefficient (Wildman–Crippen LogP) is 3.91. The molecule has 0 bridgehead atoms. The molecule has 0 aliphatic heterocycles. The molecular weight excluding hydrogens is 404 g/mol. The van der Waals surface area contributed by atoms with Gasteiger partial charge in [0.25, 0.3) is 0 Å². The van der Waals surface area contributed by atoms with Crippen molar-refractivity contribution < 1.29 is 8.42 Å². The summed E-state index contributed by atoms with van der Waals surface area (Å²) in [5.41, 5.74) is 4.15. The number of fused-ring (bicyclic) bond motifs is 1. The zero-order valence-corrected chi connectivity index (χ0v) is 17.7. The molecule has 0 saturated carbocycles. The van der Waals surface area contributed by atoms with Gasteiger partial charge in [-0.25, -0.2) is 22.6 Å². The number of nitrogens with zero attached hydrogens (tertiary/aromatic N) is 3. The van der Waals surface area contributed by atoms with Crippen molar-refractivity contribution in [3.63, 3.8) is 0 Å². The van der Waals surface area contributed by atoms with Crippen molar-refractivity contribution >= 4 is 27.4 Å². The van der Waals surface area contributed by atoms with Gasteiger partial charge >= 0.3 is 0 Å². The van der Waals surface area contributed by atoms with Gasteiger partial charge in [0.1, 0.15) is 5.03 Å². The highest BCUT2D eigenvalue weighted by Gasteiger charge is 2.17. The van der Waals surface area contributed by atoms with Crippen molar-refractivity contribution in [2.45, 2.75) is 23.4 Å². The number of sulfonamides is 1. The van der Waals surface area contributed by atoms with E-state index >= 15 is 0 Å². The number of hydrogen-bond donors (Lipinski definition) is 1. The largest absolute Gasteiger partial charge is 0.227 e. The van der Waals surface area contributed by atoms with Crippen LogP contribution in [0.5, 0.6) is 0 Å². The van der Waals surface area contributed by atoms with E-state index in [-0.39, 0.29) is 6.54 Å². The summed E-state index contributed by atoms with van der Waals surface area (Å²) >= 11 is 1.54. The Hall–Kier alpha value is -2.68. The second-order valence-electron chi connectivity index (χ2n) is 6.72. The topological polar surface area (TPSA) is 76.4 Å². The summed E-state index contributed by atoms with van der Waals surface area (Å²) in [7, 11) is -3.36. The summed E-state index contributed by atoms with van der Waals surface area (Å²) in [5.74, 6) is 0.